The maximum atomic E-state index is 13.1. The third kappa shape index (κ3) is 5.32. The summed E-state index contributed by atoms with van der Waals surface area (Å²) in [4.78, 5) is 31.6. The molecule has 0 radical (unpaired) electrons. The standard InChI is InChI=1S/C20H19F3N4O4S/c1-27(12-17-25-15-8-4-2-6-13(15)19(29)26-17)18(28)10-11-24-32(30,31)16-9-5-3-7-14(16)20(21,22)23/h2-9,24H,10-12H2,1H3,(H,25,26,29). The van der Waals surface area contributed by atoms with Crippen LogP contribution in [0.4, 0.5) is 13.2 Å². The van der Waals surface area contributed by atoms with Crippen molar-refractivity contribution in [3.8, 4) is 0 Å². The summed E-state index contributed by atoms with van der Waals surface area (Å²) < 4.78 is 65.9. The largest absolute Gasteiger partial charge is 0.417 e. The van der Waals surface area contributed by atoms with E-state index in [9.17, 15) is 31.2 Å². The van der Waals surface area contributed by atoms with Crippen LogP contribution < -0.4 is 10.3 Å². The number of benzene rings is 2. The maximum Gasteiger partial charge on any atom is 0.417 e. The van der Waals surface area contributed by atoms with Gasteiger partial charge < -0.3 is 9.88 Å². The summed E-state index contributed by atoms with van der Waals surface area (Å²) in [7, 11) is -3.05. The first kappa shape index (κ1) is 23.4. The second-order valence-electron chi connectivity index (χ2n) is 6.92. The van der Waals surface area contributed by atoms with Gasteiger partial charge in [0.15, 0.2) is 0 Å². The number of amides is 1. The van der Waals surface area contributed by atoms with Crippen molar-refractivity contribution in [1.29, 1.82) is 0 Å². The molecule has 32 heavy (non-hydrogen) atoms. The maximum absolute atomic E-state index is 13.1. The first-order valence-corrected chi connectivity index (χ1v) is 10.8. The summed E-state index contributed by atoms with van der Waals surface area (Å²) in [6.07, 6.45) is -5.15. The molecule has 0 unspecified atom stereocenters. The van der Waals surface area contributed by atoms with Crippen molar-refractivity contribution in [1.82, 2.24) is 19.6 Å². The Balaban J connectivity index is 1.63. The highest BCUT2D eigenvalue weighted by Crippen LogP contribution is 2.33. The molecule has 0 aliphatic heterocycles. The van der Waals surface area contributed by atoms with Crippen molar-refractivity contribution < 1.29 is 26.4 Å². The van der Waals surface area contributed by atoms with Crippen LogP contribution in [0, 0.1) is 0 Å². The van der Waals surface area contributed by atoms with Crippen molar-refractivity contribution in [3.05, 3.63) is 70.3 Å². The van der Waals surface area contributed by atoms with E-state index in [0.29, 0.717) is 17.0 Å². The second kappa shape index (κ2) is 9.09. The molecular weight excluding hydrogens is 449 g/mol. The lowest BCUT2D eigenvalue weighted by atomic mass is 10.2. The van der Waals surface area contributed by atoms with Crippen molar-refractivity contribution in [2.45, 2.75) is 24.0 Å². The highest BCUT2D eigenvalue weighted by molar-refractivity contribution is 7.89. The number of alkyl halides is 3. The van der Waals surface area contributed by atoms with E-state index in [1.807, 2.05) is 4.72 Å². The fourth-order valence-electron chi connectivity index (χ4n) is 3.02. The van der Waals surface area contributed by atoms with E-state index in [1.165, 1.54) is 18.0 Å². The number of para-hydroxylation sites is 1. The number of aromatic amines is 1. The SMILES string of the molecule is CN(Cc1nc2ccccc2c(=O)[nH]1)C(=O)CCNS(=O)(=O)c1ccccc1C(F)(F)F. The van der Waals surface area contributed by atoms with E-state index >= 15 is 0 Å². The number of hydrogen-bond acceptors (Lipinski definition) is 5. The average Bonchev–Trinajstić information content (AvgIpc) is 2.73. The fraction of sp³-hybridized carbons (Fsp3) is 0.250. The van der Waals surface area contributed by atoms with Crippen LogP contribution in [0.2, 0.25) is 0 Å². The van der Waals surface area contributed by atoms with Gasteiger partial charge in [-0.05, 0) is 24.3 Å². The Morgan fingerprint density at radius 2 is 1.78 bits per heavy atom. The lowest BCUT2D eigenvalue weighted by molar-refractivity contribution is -0.140. The number of nitrogens with zero attached hydrogens (tertiary/aromatic N) is 2. The number of halogens is 3. The summed E-state index contributed by atoms with van der Waals surface area (Å²) in [5.41, 5.74) is -1.19. The summed E-state index contributed by atoms with van der Waals surface area (Å²) in [5, 5.41) is 0.402. The van der Waals surface area contributed by atoms with Crippen LogP contribution >= 0.6 is 0 Å². The lowest BCUT2D eigenvalue weighted by Crippen LogP contribution is -2.33. The van der Waals surface area contributed by atoms with Gasteiger partial charge in [0.2, 0.25) is 15.9 Å². The molecule has 1 heterocycles. The fourth-order valence-corrected chi connectivity index (χ4v) is 4.28. The summed E-state index contributed by atoms with van der Waals surface area (Å²) in [6.45, 7) is -0.443. The minimum absolute atomic E-state index is 0.0391. The molecular formula is C20H19F3N4O4S. The molecule has 170 valence electrons. The molecule has 1 aromatic heterocycles. The quantitative estimate of drug-likeness (QED) is 0.553. The van der Waals surface area contributed by atoms with E-state index in [0.717, 1.165) is 12.1 Å². The van der Waals surface area contributed by atoms with Crippen molar-refractivity contribution in [3.63, 3.8) is 0 Å². The van der Waals surface area contributed by atoms with Gasteiger partial charge in [0.25, 0.3) is 5.56 Å². The Hall–Kier alpha value is -3.25. The smallest absolute Gasteiger partial charge is 0.338 e. The third-order valence-corrected chi connectivity index (χ3v) is 6.11. The van der Waals surface area contributed by atoms with Gasteiger partial charge in [-0.2, -0.15) is 13.2 Å². The number of rotatable bonds is 7. The van der Waals surface area contributed by atoms with Crippen LogP contribution in [0.1, 0.15) is 17.8 Å². The first-order chi connectivity index (χ1) is 15.0. The van der Waals surface area contributed by atoms with Crippen LogP contribution in [-0.2, 0) is 27.5 Å². The van der Waals surface area contributed by atoms with Gasteiger partial charge in [0, 0.05) is 20.0 Å². The molecule has 2 aromatic carbocycles. The number of carbonyl (C=O) groups is 1. The molecule has 0 atom stereocenters. The Bertz CT molecular complexity index is 1310. The molecule has 3 aromatic rings. The predicted octanol–water partition coefficient (Wildman–Crippen LogP) is 2.27. The van der Waals surface area contributed by atoms with Crippen LogP contribution in [-0.4, -0.2) is 42.8 Å². The summed E-state index contributed by atoms with van der Waals surface area (Å²) in [5.74, 6) is -0.253. The van der Waals surface area contributed by atoms with Gasteiger partial charge in [-0.15, -0.1) is 0 Å². The number of fused-ring (bicyclic) bond motifs is 1. The zero-order valence-electron chi connectivity index (χ0n) is 16.8. The van der Waals surface area contributed by atoms with Gasteiger partial charge >= 0.3 is 6.18 Å². The predicted molar refractivity (Wildman–Crippen MR) is 110 cm³/mol. The molecule has 0 saturated carbocycles. The molecule has 12 heteroatoms. The lowest BCUT2D eigenvalue weighted by Gasteiger charge is -2.17. The highest BCUT2D eigenvalue weighted by atomic mass is 32.2. The Kier molecular flexibility index (Phi) is 6.65. The van der Waals surface area contributed by atoms with Crippen LogP contribution in [0.25, 0.3) is 10.9 Å². The number of sulfonamides is 1. The number of hydrogen-bond donors (Lipinski definition) is 2. The molecule has 0 aliphatic carbocycles. The zero-order chi connectivity index (χ0) is 23.5. The van der Waals surface area contributed by atoms with E-state index < -0.39 is 39.1 Å². The van der Waals surface area contributed by atoms with E-state index in [4.69, 9.17) is 0 Å². The third-order valence-electron chi connectivity index (χ3n) is 4.59. The van der Waals surface area contributed by atoms with Gasteiger partial charge in [0.1, 0.15) is 5.82 Å². The zero-order valence-corrected chi connectivity index (χ0v) is 17.6. The van der Waals surface area contributed by atoms with Crippen LogP contribution in [0.15, 0.2) is 58.2 Å². The van der Waals surface area contributed by atoms with Crippen molar-refractivity contribution in [2.75, 3.05) is 13.6 Å². The van der Waals surface area contributed by atoms with Crippen molar-refractivity contribution in [2.24, 2.45) is 0 Å². The van der Waals surface area contributed by atoms with Gasteiger partial charge in [0.05, 0.1) is 27.9 Å². The number of carbonyl (C=O) groups excluding carboxylic acids is 1. The molecule has 0 saturated heterocycles. The van der Waals surface area contributed by atoms with E-state index in [1.54, 1.807) is 24.3 Å². The second-order valence-corrected chi connectivity index (χ2v) is 8.66. The minimum atomic E-state index is -4.84. The molecule has 2 N–H and O–H groups in total. The molecule has 0 bridgehead atoms. The Morgan fingerprint density at radius 1 is 1.12 bits per heavy atom. The van der Waals surface area contributed by atoms with Gasteiger partial charge in [-0.3, -0.25) is 9.59 Å². The Labute approximate surface area is 181 Å². The normalized spacial score (nSPS) is 12.1. The number of nitrogens with one attached hydrogen (secondary N) is 2. The van der Waals surface area contributed by atoms with E-state index in [2.05, 4.69) is 9.97 Å². The molecule has 0 spiro atoms. The molecule has 0 aliphatic rings. The first-order valence-electron chi connectivity index (χ1n) is 9.37. The van der Waals surface area contributed by atoms with Gasteiger partial charge in [-0.25, -0.2) is 18.1 Å². The van der Waals surface area contributed by atoms with Gasteiger partial charge in [-0.1, -0.05) is 24.3 Å². The Morgan fingerprint density at radius 3 is 2.50 bits per heavy atom. The van der Waals surface area contributed by atoms with Crippen LogP contribution in [0.5, 0.6) is 0 Å². The molecule has 1 amide bonds. The molecule has 3 rings (SSSR count). The average molecular weight is 468 g/mol. The summed E-state index contributed by atoms with van der Waals surface area (Å²) in [6, 6.07) is 10.5. The molecule has 0 fully saturated rings. The molecule has 8 nitrogen and oxygen atoms in total. The topological polar surface area (TPSA) is 112 Å². The monoisotopic (exact) mass is 468 g/mol. The van der Waals surface area contributed by atoms with E-state index in [-0.39, 0.29) is 24.3 Å². The highest BCUT2D eigenvalue weighted by Gasteiger charge is 2.36. The van der Waals surface area contributed by atoms with Crippen molar-refractivity contribution >= 4 is 26.8 Å². The number of H-pyrrole nitrogens is 1. The van der Waals surface area contributed by atoms with Crippen LogP contribution in [0.3, 0.4) is 0 Å². The number of aromatic nitrogens is 2. The minimum Gasteiger partial charge on any atom is -0.338 e. The summed E-state index contributed by atoms with van der Waals surface area (Å²) >= 11 is 0.